The van der Waals surface area contributed by atoms with Gasteiger partial charge in [0.2, 0.25) is 0 Å². The number of hydrogen-bond donors (Lipinski definition) is 3. The van der Waals surface area contributed by atoms with Gasteiger partial charge in [0.05, 0.1) is 18.3 Å². The molecule has 2 aliphatic carbocycles. The lowest BCUT2D eigenvalue weighted by Crippen LogP contribution is -2.45. The van der Waals surface area contributed by atoms with Crippen molar-refractivity contribution in [1.82, 2.24) is 0 Å². The lowest BCUT2D eigenvalue weighted by molar-refractivity contribution is -0.0459. The molecule has 0 saturated heterocycles. The van der Waals surface area contributed by atoms with Crippen molar-refractivity contribution in [2.24, 2.45) is 11.3 Å². The Bertz CT molecular complexity index is 395. The van der Waals surface area contributed by atoms with Crippen molar-refractivity contribution in [1.29, 1.82) is 0 Å². The van der Waals surface area contributed by atoms with Gasteiger partial charge in [0.1, 0.15) is 0 Å². The lowest BCUT2D eigenvalue weighted by Gasteiger charge is -2.46. The molecule has 0 heterocycles. The van der Waals surface area contributed by atoms with Crippen LogP contribution in [0, 0.1) is 11.3 Å². The number of hydrogen-bond acceptors (Lipinski definition) is 3. The van der Waals surface area contributed by atoms with E-state index in [1.165, 1.54) is 5.57 Å². The van der Waals surface area contributed by atoms with E-state index >= 15 is 0 Å². The minimum Gasteiger partial charge on any atom is -0.393 e. The van der Waals surface area contributed by atoms with E-state index in [4.69, 9.17) is 0 Å². The van der Waals surface area contributed by atoms with E-state index in [1.807, 2.05) is 0 Å². The Morgan fingerprint density at radius 1 is 1.50 bits per heavy atom. The van der Waals surface area contributed by atoms with Crippen LogP contribution in [0.1, 0.15) is 40.0 Å². The van der Waals surface area contributed by atoms with Crippen LogP contribution >= 0.6 is 0 Å². The molecular weight excluding hydrogens is 228 g/mol. The van der Waals surface area contributed by atoms with Crippen molar-refractivity contribution < 1.29 is 15.3 Å². The van der Waals surface area contributed by atoms with E-state index in [1.54, 1.807) is 6.92 Å². The molecular formula is C15H24O3. The molecule has 0 spiro atoms. The van der Waals surface area contributed by atoms with Crippen molar-refractivity contribution >= 4 is 0 Å². The summed E-state index contributed by atoms with van der Waals surface area (Å²) in [4.78, 5) is 0. The van der Waals surface area contributed by atoms with Gasteiger partial charge in [-0.05, 0) is 38.7 Å². The molecule has 0 radical (unpaired) electrons. The highest BCUT2D eigenvalue weighted by Crippen LogP contribution is 2.50. The highest BCUT2D eigenvalue weighted by molar-refractivity contribution is 5.41. The van der Waals surface area contributed by atoms with E-state index in [-0.39, 0.29) is 24.0 Å². The summed E-state index contributed by atoms with van der Waals surface area (Å²) < 4.78 is 0. The summed E-state index contributed by atoms with van der Waals surface area (Å²) in [7, 11) is 0. The zero-order chi connectivity index (χ0) is 13.6. The molecule has 3 heteroatoms. The fourth-order valence-electron chi connectivity index (χ4n) is 3.26. The predicted molar refractivity (Wildman–Crippen MR) is 71.0 cm³/mol. The Morgan fingerprint density at radius 3 is 2.78 bits per heavy atom. The van der Waals surface area contributed by atoms with Gasteiger partial charge in [0.25, 0.3) is 0 Å². The molecule has 0 amide bonds. The van der Waals surface area contributed by atoms with Crippen LogP contribution in [-0.4, -0.2) is 33.6 Å². The summed E-state index contributed by atoms with van der Waals surface area (Å²) >= 11 is 0. The van der Waals surface area contributed by atoms with Gasteiger partial charge in [-0.15, -0.1) is 0 Å². The first-order valence-corrected chi connectivity index (χ1v) is 6.72. The fraction of sp³-hybridized carbons (Fsp3) is 0.733. The van der Waals surface area contributed by atoms with Crippen molar-refractivity contribution in [3.05, 3.63) is 23.3 Å². The number of aliphatic hydroxyl groups is 3. The standard InChI is InChI=1S/C15H24O3/c1-10-4-5-13(17)14(2)7-6-11(8-12(10)14)15(3,18)9-16/h4,8,11,13,16-18H,5-7,9H2,1-3H3/t11-,13-,14-,15-/m0/s1. The third-order valence-corrected chi connectivity index (χ3v) is 4.88. The first-order chi connectivity index (χ1) is 8.31. The first-order valence-electron chi connectivity index (χ1n) is 6.72. The van der Waals surface area contributed by atoms with Crippen LogP contribution in [0.2, 0.25) is 0 Å². The second-order valence-electron chi connectivity index (χ2n) is 6.30. The average Bonchev–Trinajstić information content (AvgIpc) is 2.34. The molecule has 0 aromatic heterocycles. The van der Waals surface area contributed by atoms with Gasteiger partial charge in [0.15, 0.2) is 0 Å². The maximum Gasteiger partial charge on any atom is 0.0911 e. The fourth-order valence-corrected chi connectivity index (χ4v) is 3.26. The first kappa shape index (κ1) is 13.8. The third-order valence-electron chi connectivity index (χ3n) is 4.88. The molecule has 3 nitrogen and oxygen atoms in total. The molecule has 2 aliphatic rings. The van der Waals surface area contributed by atoms with Gasteiger partial charge >= 0.3 is 0 Å². The van der Waals surface area contributed by atoms with Gasteiger partial charge in [0, 0.05) is 11.3 Å². The summed E-state index contributed by atoms with van der Waals surface area (Å²) in [6, 6.07) is 0. The van der Waals surface area contributed by atoms with Gasteiger partial charge < -0.3 is 15.3 Å². The lowest BCUT2D eigenvalue weighted by atomic mass is 9.61. The maximum atomic E-state index is 10.2. The van der Waals surface area contributed by atoms with E-state index in [9.17, 15) is 15.3 Å². The summed E-state index contributed by atoms with van der Waals surface area (Å²) in [6.07, 6.45) is 6.15. The van der Waals surface area contributed by atoms with E-state index < -0.39 is 5.60 Å². The molecule has 0 saturated carbocycles. The molecule has 18 heavy (non-hydrogen) atoms. The Balaban J connectivity index is 2.39. The smallest absolute Gasteiger partial charge is 0.0911 e. The number of rotatable bonds is 2. The normalized spacial score (nSPS) is 39.4. The van der Waals surface area contributed by atoms with E-state index in [0.717, 1.165) is 18.4 Å². The number of allylic oxidation sites excluding steroid dienone is 1. The van der Waals surface area contributed by atoms with Crippen LogP contribution < -0.4 is 0 Å². The molecule has 0 aromatic rings. The molecule has 4 atom stereocenters. The summed E-state index contributed by atoms with van der Waals surface area (Å²) in [6.45, 7) is 5.61. The Kier molecular flexibility index (Phi) is 3.43. The number of fused-ring (bicyclic) bond motifs is 1. The summed E-state index contributed by atoms with van der Waals surface area (Å²) in [5.74, 6) is -0.0424. The van der Waals surface area contributed by atoms with Crippen LogP contribution in [0.5, 0.6) is 0 Å². The SMILES string of the molecule is CC1=CC[C@H](O)[C@@]2(C)CC[C@H]([C@@](C)(O)CO)C=C12. The average molecular weight is 252 g/mol. The Morgan fingerprint density at radius 2 is 2.17 bits per heavy atom. The molecule has 2 rings (SSSR count). The predicted octanol–water partition coefficient (Wildman–Crippen LogP) is 1.78. The van der Waals surface area contributed by atoms with Crippen LogP contribution in [0.3, 0.4) is 0 Å². The molecule has 3 N–H and O–H groups in total. The van der Waals surface area contributed by atoms with Gasteiger partial charge in [-0.25, -0.2) is 0 Å². The van der Waals surface area contributed by atoms with Crippen LogP contribution in [0.25, 0.3) is 0 Å². The Labute approximate surface area is 109 Å². The molecule has 0 unspecified atom stereocenters. The molecule has 0 aromatic carbocycles. The van der Waals surface area contributed by atoms with Gasteiger partial charge in [-0.1, -0.05) is 24.6 Å². The topological polar surface area (TPSA) is 60.7 Å². The van der Waals surface area contributed by atoms with Crippen LogP contribution in [0.4, 0.5) is 0 Å². The summed E-state index contributed by atoms with van der Waals surface area (Å²) in [5, 5.41) is 29.7. The van der Waals surface area contributed by atoms with E-state index in [0.29, 0.717) is 6.42 Å². The number of aliphatic hydroxyl groups excluding tert-OH is 2. The quantitative estimate of drug-likeness (QED) is 0.702. The zero-order valence-electron chi connectivity index (χ0n) is 11.5. The van der Waals surface area contributed by atoms with Crippen molar-refractivity contribution in [3.63, 3.8) is 0 Å². The minimum atomic E-state index is -1.07. The zero-order valence-corrected chi connectivity index (χ0v) is 11.5. The highest BCUT2D eigenvalue weighted by atomic mass is 16.3. The maximum absolute atomic E-state index is 10.2. The minimum absolute atomic E-state index is 0.0424. The monoisotopic (exact) mass is 252 g/mol. The van der Waals surface area contributed by atoms with Crippen LogP contribution in [0.15, 0.2) is 23.3 Å². The third kappa shape index (κ3) is 2.04. The van der Waals surface area contributed by atoms with Crippen molar-refractivity contribution in [3.8, 4) is 0 Å². The van der Waals surface area contributed by atoms with Crippen molar-refractivity contribution in [2.75, 3.05) is 6.61 Å². The van der Waals surface area contributed by atoms with Gasteiger partial charge in [-0.2, -0.15) is 0 Å². The molecule has 0 bridgehead atoms. The summed E-state index contributed by atoms with van der Waals surface area (Å²) in [5.41, 5.74) is 1.07. The Hall–Kier alpha value is -0.640. The second kappa shape index (κ2) is 4.48. The highest BCUT2D eigenvalue weighted by Gasteiger charge is 2.44. The second-order valence-corrected chi connectivity index (χ2v) is 6.30. The van der Waals surface area contributed by atoms with Crippen molar-refractivity contribution in [2.45, 2.75) is 51.7 Å². The molecule has 102 valence electrons. The largest absolute Gasteiger partial charge is 0.393 e. The van der Waals surface area contributed by atoms with E-state index in [2.05, 4.69) is 26.0 Å². The molecule has 0 fully saturated rings. The van der Waals surface area contributed by atoms with Gasteiger partial charge in [-0.3, -0.25) is 0 Å². The van der Waals surface area contributed by atoms with Crippen LogP contribution in [-0.2, 0) is 0 Å². The molecule has 0 aliphatic heterocycles.